The fraction of sp³-hybridized carbons (Fsp3) is 0.400. The van der Waals surface area contributed by atoms with E-state index in [-0.39, 0.29) is 12.7 Å². The highest BCUT2D eigenvalue weighted by Crippen LogP contribution is 2.15. The first-order valence-corrected chi connectivity index (χ1v) is 4.16. The fourth-order valence-corrected chi connectivity index (χ4v) is 1.12. The molecule has 12 heavy (non-hydrogen) atoms. The van der Waals surface area contributed by atoms with Crippen LogP contribution in [0, 0.1) is 0 Å². The second kappa shape index (κ2) is 4.91. The summed E-state index contributed by atoms with van der Waals surface area (Å²) in [6.45, 7) is 2.59. The van der Waals surface area contributed by atoms with Crippen LogP contribution in [-0.4, -0.2) is 18.3 Å². The predicted molar refractivity (Wildman–Crippen MR) is 47.9 cm³/mol. The summed E-state index contributed by atoms with van der Waals surface area (Å²) in [5.74, 6) is 0. The van der Waals surface area contributed by atoms with Crippen LogP contribution in [0.2, 0.25) is 0 Å². The van der Waals surface area contributed by atoms with Gasteiger partial charge in [-0.3, -0.25) is 0 Å². The van der Waals surface area contributed by atoms with Gasteiger partial charge >= 0.3 is 0 Å². The van der Waals surface area contributed by atoms with Gasteiger partial charge < -0.3 is 9.84 Å². The zero-order chi connectivity index (χ0) is 8.81. The Morgan fingerprint density at radius 1 is 1.33 bits per heavy atom. The molecule has 0 aliphatic carbocycles. The molecule has 0 aliphatic heterocycles. The first kappa shape index (κ1) is 9.23. The molecule has 1 aromatic rings. The van der Waals surface area contributed by atoms with E-state index >= 15 is 0 Å². The van der Waals surface area contributed by atoms with E-state index in [0.29, 0.717) is 6.61 Å². The molecule has 0 saturated heterocycles. The quantitative estimate of drug-likeness (QED) is 0.738. The van der Waals surface area contributed by atoms with Crippen molar-refractivity contribution in [2.45, 2.75) is 13.0 Å². The Labute approximate surface area is 72.8 Å². The summed E-state index contributed by atoms with van der Waals surface area (Å²) in [4.78, 5) is 0. The molecule has 0 aliphatic rings. The zero-order valence-corrected chi connectivity index (χ0v) is 7.23. The molecule has 1 rings (SSSR count). The van der Waals surface area contributed by atoms with E-state index in [0.717, 1.165) is 5.56 Å². The van der Waals surface area contributed by atoms with Gasteiger partial charge in [-0.2, -0.15) is 0 Å². The van der Waals surface area contributed by atoms with Crippen LogP contribution in [0.15, 0.2) is 30.3 Å². The van der Waals surface area contributed by atoms with E-state index in [2.05, 4.69) is 0 Å². The number of aliphatic hydroxyl groups is 1. The first-order chi connectivity index (χ1) is 5.88. The highest BCUT2D eigenvalue weighted by Gasteiger charge is 2.07. The zero-order valence-electron chi connectivity index (χ0n) is 7.23. The van der Waals surface area contributed by atoms with Crippen molar-refractivity contribution < 1.29 is 9.84 Å². The van der Waals surface area contributed by atoms with E-state index in [4.69, 9.17) is 9.84 Å². The molecule has 1 N–H and O–H groups in total. The lowest BCUT2D eigenvalue weighted by molar-refractivity contribution is 0.0189. The van der Waals surface area contributed by atoms with Gasteiger partial charge in [-0.25, -0.2) is 0 Å². The number of aliphatic hydroxyl groups excluding tert-OH is 1. The third kappa shape index (κ3) is 2.32. The Hall–Kier alpha value is -0.860. The molecule has 0 saturated carbocycles. The number of ether oxygens (including phenoxy) is 1. The Balaban J connectivity index is 2.66. The summed E-state index contributed by atoms with van der Waals surface area (Å²) in [6, 6.07) is 9.74. The third-order valence-corrected chi connectivity index (χ3v) is 1.71. The molecule has 66 valence electrons. The maximum Gasteiger partial charge on any atom is 0.105 e. The van der Waals surface area contributed by atoms with Crippen molar-refractivity contribution in [3.63, 3.8) is 0 Å². The average Bonchev–Trinajstić information content (AvgIpc) is 2.15. The molecule has 1 aromatic carbocycles. The predicted octanol–water partition coefficient (Wildman–Crippen LogP) is 1.76. The molecule has 0 radical (unpaired) electrons. The fourth-order valence-electron chi connectivity index (χ4n) is 1.12. The molecular formula is C10H14O2. The van der Waals surface area contributed by atoms with Crippen LogP contribution in [0.1, 0.15) is 18.6 Å². The van der Waals surface area contributed by atoms with Crippen LogP contribution in [-0.2, 0) is 4.74 Å². The normalized spacial score (nSPS) is 12.8. The minimum absolute atomic E-state index is 0.0395. The molecule has 0 aromatic heterocycles. The highest BCUT2D eigenvalue weighted by atomic mass is 16.5. The van der Waals surface area contributed by atoms with E-state index in [1.165, 1.54) is 0 Å². The molecule has 0 spiro atoms. The van der Waals surface area contributed by atoms with Crippen molar-refractivity contribution in [1.82, 2.24) is 0 Å². The SMILES string of the molecule is CCO[C@@H](CO)c1ccccc1. The van der Waals surface area contributed by atoms with Gasteiger partial charge in [-0.15, -0.1) is 0 Å². The Kier molecular flexibility index (Phi) is 3.77. The Bertz CT molecular complexity index is 208. The monoisotopic (exact) mass is 166 g/mol. The summed E-state index contributed by atoms with van der Waals surface area (Å²) < 4.78 is 5.33. The maximum absolute atomic E-state index is 8.99. The van der Waals surface area contributed by atoms with Crippen LogP contribution in [0.25, 0.3) is 0 Å². The molecular weight excluding hydrogens is 152 g/mol. The van der Waals surface area contributed by atoms with Crippen LogP contribution in [0.5, 0.6) is 0 Å². The number of benzene rings is 1. The minimum atomic E-state index is -0.170. The van der Waals surface area contributed by atoms with E-state index in [1.54, 1.807) is 0 Å². The van der Waals surface area contributed by atoms with Crippen molar-refractivity contribution in [1.29, 1.82) is 0 Å². The van der Waals surface area contributed by atoms with Gasteiger partial charge in [0, 0.05) is 6.61 Å². The second-order valence-corrected chi connectivity index (χ2v) is 2.54. The smallest absolute Gasteiger partial charge is 0.105 e. The minimum Gasteiger partial charge on any atom is -0.393 e. The lowest BCUT2D eigenvalue weighted by Crippen LogP contribution is -2.08. The van der Waals surface area contributed by atoms with Gasteiger partial charge in [0.15, 0.2) is 0 Å². The maximum atomic E-state index is 8.99. The van der Waals surface area contributed by atoms with E-state index in [1.807, 2.05) is 37.3 Å². The molecule has 0 amide bonds. The molecule has 2 heteroatoms. The summed E-state index contributed by atoms with van der Waals surface area (Å²) in [6.07, 6.45) is -0.170. The van der Waals surface area contributed by atoms with Crippen molar-refractivity contribution in [3.05, 3.63) is 35.9 Å². The first-order valence-electron chi connectivity index (χ1n) is 4.16. The van der Waals surface area contributed by atoms with Crippen LogP contribution in [0.3, 0.4) is 0 Å². The molecule has 0 unspecified atom stereocenters. The van der Waals surface area contributed by atoms with Crippen LogP contribution < -0.4 is 0 Å². The number of hydrogen-bond donors (Lipinski definition) is 1. The topological polar surface area (TPSA) is 29.5 Å². The third-order valence-electron chi connectivity index (χ3n) is 1.71. The van der Waals surface area contributed by atoms with Crippen molar-refractivity contribution in [3.8, 4) is 0 Å². The molecule has 0 fully saturated rings. The van der Waals surface area contributed by atoms with Crippen molar-refractivity contribution in [2.24, 2.45) is 0 Å². The Morgan fingerprint density at radius 3 is 2.50 bits per heavy atom. The largest absolute Gasteiger partial charge is 0.393 e. The van der Waals surface area contributed by atoms with Gasteiger partial charge in [0.2, 0.25) is 0 Å². The summed E-state index contributed by atoms with van der Waals surface area (Å²) in [5, 5.41) is 8.99. The summed E-state index contributed by atoms with van der Waals surface area (Å²) in [5.41, 5.74) is 1.03. The van der Waals surface area contributed by atoms with Crippen LogP contribution >= 0.6 is 0 Å². The number of rotatable bonds is 4. The van der Waals surface area contributed by atoms with Gasteiger partial charge in [-0.05, 0) is 12.5 Å². The highest BCUT2D eigenvalue weighted by molar-refractivity contribution is 5.17. The standard InChI is InChI=1S/C10H14O2/c1-2-12-10(8-11)9-6-4-3-5-7-9/h3-7,10-11H,2,8H2,1H3/t10-/m0/s1. The molecule has 1 atom stereocenters. The molecule has 2 nitrogen and oxygen atoms in total. The van der Waals surface area contributed by atoms with E-state index < -0.39 is 0 Å². The van der Waals surface area contributed by atoms with Crippen LogP contribution in [0.4, 0.5) is 0 Å². The van der Waals surface area contributed by atoms with Crippen molar-refractivity contribution in [2.75, 3.05) is 13.2 Å². The van der Waals surface area contributed by atoms with Crippen molar-refractivity contribution >= 4 is 0 Å². The summed E-state index contributed by atoms with van der Waals surface area (Å²) in [7, 11) is 0. The van der Waals surface area contributed by atoms with Gasteiger partial charge in [-0.1, -0.05) is 30.3 Å². The second-order valence-electron chi connectivity index (χ2n) is 2.54. The molecule has 0 heterocycles. The lowest BCUT2D eigenvalue weighted by Gasteiger charge is -2.13. The summed E-state index contributed by atoms with van der Waals surface area (Å²) >= 11 is 0. The lowest BCUT2D eigenvalue weighted by atomic mass is 10.1. The van der Waals surface area contributed by atoms with Gasteiger partial charge in [0.05, 0.1) is 6.61 Å². The number of hydrogen-bond acceptors (Lipinski definition) is 2. The molecule has 0 bridgehead atoms. The van der Waals surface area contributed by atoms with Gasteiger partial charge in [0.25, 0.3) is 0 Å². The Morgan fingerprint density at radius 2 is 2.00 bits per heavy atom. The average molecular weight is 166 g/mol. The van der Waals surface area contributed by atoms with E-state index in [9.17, 15) is 0 Å². The van der Waals surface area contributed by atoms with Gasteiger partial charge in [0.1, 0.15) is 6.10 Å².